The number of primary amides is 1. The Morgan fingerprint density at radius 2 is 2.10 bits per heavy atom. The molecule has 1 saturated heterocycles. The van der Waals surface area contributed by atoms with Gasteiger partial charge in [0.1, 0.15) is 11.9 Å². The molecule has 11 heteroatoms. The highest BCUT2D eigenvalue weighted by atomic mass is 127. The topological polar surface area (TPSA) is 93.1 Å². The molecule has 1 aliphatic heterocycles. The van der Waals surface area contributed by atoms with Gasteiger partial charge in [-0.15, -0.1) is 24.0 Å². The number of hydrogen-bond donors (Lipinski definition) is 2. The van der Waals surface area contributed by atoms with Crippen LogP contribution in [-0.4, -0.2) is 43.5 Å². The van der Waals surface area contributed by atoms with Gasteiger partial charge in [0.25, 0.3) is 5.91 Å². The lowest BCUT2D eigenvalue weighted by molar-refractivity contribution is -0.137. The van der Waals surface area contributed by atoms with Gasteiger partial charge in [0.2, 0.25) is 0 Å². The van der Waals surface area contributed by atoms with Crippen LogP contribution in [0.3, 0.4) is 0 Å². The van der Waals surface area contributed by atoms with Crippen LogP contribution in [-0.2, 0) is 17.5 Å². The van der Waals surface area contributed by atoms with Gasteiger partial charge in [-0.05, 0) is 29.8 Å². The molecule has 1 aromatic heterocycles. The molecule has 1 aliphatic rings. The highest BCUT2D eigenvalue weighted by Crippen LogP contribution is 2.32. The van der Waals surface area contributed by atoms with Crippen molar-refractivity contribution in [3.05, 3.63) is 59.0 Å². The number of nitrogens with two attached hydrogens (primary N) is 1. The van der Waals surface area contributed by atoms with E-state index in [0.717, 1.165) is 12.1 Å². The van der Waals surface area contributed by atoms with E-state index in [2.05, 4.69) is 10.3 Å². The minimum absolute atomic E-state index is 0. The first kappa shape index (κ1) is 24.0. The van der Waals surface area contributed by atoms with Crippen LogP contribution in [0.4, 0.5) is 13.2 Å². The third kappa shape index (κ3) is 5.88. The summed E-state index contributed by atoms with van der Waals surface area (Å²) in [5.74, 6) is 0.454. The predicted molar refractivity (Wildman–Crippen MR) is 115 cm³/mol. The average molecular weight is 538 g/mol. The van der Waals surface area contributed by atoms with Crippen LogP contribution in [0.5, 0.6) is 0 Å². The molecule has 3 rings (SSSR count). The molecular formula is C19H22F3IN4O3. The molecule has 3 N–H and O–H groups in total. The second-order valence-electron chi connectivity index (χ2n) is 6.46. The number of alkyl halides is 3. The van der Waals surface area contributed by atoms with Crippen LogP contribution in [0.25, 0.3) is 0 Å². The monoisotopic (exact) mass is 538 g/mol. The second kappa shape index (κ2) is 10.2. The molecule has 164 valence electrons. The van der Waals surface area contributed by atoms with E-state index in [-0.39, 0.29) is 36.3 Å². The van der Waals surface area contributed by atoms with Crippen LogP contribution in [0.1, 0.15) is 33.5 Å². The first-order valence-electron chi connectivity index (χ1n) is 8.91. The van der Waals surface area contributed by atoms with Crippen molar-refractivity contribution >= 4 is 35.8 Å². The van der Waals surface area contributed by atoms with Crippen LogP contribution >= 0.6 is 24.0 Å². The first-order valence-corrected chi connectivity index (χ1v) is 8.91. The highest BCUT2D eigenvalue weighted by molar-refractivity contribution is 14.0. The summed E-state index contributed by atoms with van der Waals surface area (Å²) in [5, 5.41) is 3.11. The number of hydrogen-bond acceptors (Lipinski definition) is 4. The van der Waals surface area contributed by atoms with E-state index in [1.807, 2.05) is 4.90 Å². The van der Waals surface area contributed by atoms with Gasteiger partial charge in [-0.3, -0.25) is 9.79 Å². The Balaban J connectivity index is 0.00000320. The molecule has 0 saturated carbocycles. The van der Waals surface area contributed by atoms with Crippen LogP contribution in [0.15, 0.2) is 45.8 Å². The Hall–Kier alpha value is -2.28. The fraction of sp³-hybridized carbons (Fsp3) is 0.368. The minimum atomic E-state index is -4.41. The maximum Gasteiger partial charge on any atom is 0.416 e. The third-order valence-electron chi connectivity index (χ3n) is 4.49. The van der Waals surface area contributed by atoms with E-state index in [1.54, 1.807) is 19.2 Å². The van der Waals surface area contributed by atoms with Gasteiger partial charge in [-0.2, -0.15) is 13.2 Å². The van der Waals surface area contributed by atoms with E-state index in [0.29, 0.717) is 37.0 Å². The molecule has 2 aromatic rings. The number of amides is 1. The number of furan rings is 1. The third-order valence-corrected chi connectivity index (χ3v) is 4.49. The van der Waals surface area contributed by atoms with Gasteiger partial charge >= 0.3 is 6.18 Å². The van der Waals surface area contributed by atoms with Crippen molar-refractivity contribution in [2.75, 3.05) is 26.7 Å². The Labute approximate surface area is 188 Å². The number of aliphatic imine (C=N–C) groups is 1. The van der Waals surface area contributed by atoms with E-state index < -0.39 is 23.8 Å². The Morgan fingerprint density at radius 3 is 2.73 bits per heavy atom. The van der Waals surface area contributed by atoms with E-state index in [1.165, 1.54) is 12.1 Å². The van der Waals surface area contributed by atoms with E-state index in [4.69, 9.17) is 14.9 Å². The summed E-state index contributed by atoms with van der Waals surface area (Å²) < 4.78 is 50.0. The van der Waals surface area contributed by atoms with E-state index >= 15 is 0 Å². The molecule has 7 nitrogen and oxygen atoms in total. The molecule has 1 amide bonds. The van der Waals surface area contributed by atoms with Gasteiger partial charge in [-0.1, -0.05) is 12.1 Å². The Bertz CT molecular complexity index is 901. The van der Waals surface area contributed by atoms with E-state index in [9.17, 15) is 18.0 Å². The number of rotatable bonds is 4. The van der Waals surface area contributed by atoms with Gasteiger partial charge in [-0.25, -0.2) is 0 Å². The normalized spacial score (nSPS) is 17.4. The number of nitrogens with one attached hydrogen (secondary N) is 1. The number of guanidine groups is 1. The molecule has 0 spiro atoms. The van der Waals surface area contributed by atoms with Gasteiger partial charge in [0, 0.05) is 13.6 Å². The van der Waals surface area contributed by atoms with Crippen LogP contribution < -0.4 is 11.1 Å². The molecule has 0 radical (unpaired) electrons. The minimum Gasteiger partial charge on any atom is -0.454 e. The number of carbonyl (C=O) groups excluding carboxylic acids is 1. The molecule has 1 fully saturated rings. The van der Waals surface area contributed by atoms with Crippen LogP contribution in [0, 0.1) is 0 Å². The van der Waals surface area contributed by atoms with Crippen molar-refractivity contribution < 1.29 is 27.1 Å². The van der Waals surface area contributed by atoms with Gasteiger partial charge < -0.3 is 25.1 Å². The lowest BCUT2D eigenvalue weighted by Crippen LogP contribution is -2.47. The summed E-state index contributed by atoms with van der Waals surface area (Å²) in [4.78, 5) is 17.2. The van der Waals surface area contributed by atoms with Crippen molar-refractivity contribution in [1.82, 2.24) is 10.2 Å². The quantitative estimate of drug-likeness (QED) is 0.355. The smallest absolute Gasteiger partial charge is 0.416 e. The zero-order valence-corrected chi connectivity index (χ0v) is 18.4. The molecule has 30 heavy (non-hydrogen) atoms. The van der Waals surface area contributed by atoms with Crippen molar-refractivity contribution in [2.45, 2.75) is 18.8 Å². The zero-order chi connectivity index (χ0) is 21.0. The van der Waals surface area contributed by atoms with Crippen LogP contribution in [0.2, 0.25) is 0 Å². The van der Waals surface area contributed by atoms with Gasteiger partial charge in [0.05, 0.1) is 25.3 Å². The summed E-state index contributed by atoms with van der Waals surface area (Å²) in [6.45, 7) is 1.48. The van der Waals surface area contributed by atoms with Gasteiger partial charge in [0.15, 0.2) is 11.7 Å². The fourth-order valence-electron chi connectivity index (χ4n) is 3.06. The summed E-state index contributed by atoms with van der Waals surface area (Å²) >= 11 is 0. The standard InChI is InChI=1S/C19H21F3N4O3.HI/c1-24-18(25-10-14-5-6-15(29-14)17(23)27)26-7-8-28-16(11-26)12-3-2-4-13(9-12)19(20,21)22;/h2-6,9,16H,7-8,10-11H2,1H3,(H2,23,27)(H,24,25);1H. The maximum absolute atomic E-state index is 13.0. The number of nitrogens with zero attached hydrogens (tertiary/aromatic N) is 2. The average Bonchev–Trinajstić information content (AvgIpc) is 3.18. The van der Waals surface area contributed by atoms with Crippen molar-refractivity contribution in [3.8, 4) is 0 Å². The molecule has 1 unspecified atom stereocenters. The van der Waals surface area contributed by atoms with Crippen molar-refractivity contribution in [3.63, 3.8) is 0 Å². The predicted octanol–water partition coefficient (Wildman–Crippen LogP) is 3.16. The molecule has 2 heterocycles. The molecule has 0 bridgehead atoms. The summed E-state index contributed by atoms with van der Waals surface area (Å²) in [5.41, 5.74) is 4.91. The maximum atomic E-state index is 13.0. The summed E-state index contributed by atoms with van der Waals surface area (Å²) in [6.07, 6.45) is -4.93. The van der Waals surface area contributed by atoms with Crippen molar-refractivity contribution in [1.29, 1.82) is 0 Å². The molecule has 1 aromatic carbocycles. The Kier molecular flexibility index (Phi) is 8.12. The number of halogens is 4. The number of benzene rings is 1. The highest BCUT2D eigenvalue weighted by Gasteiger charge is 2.32. The zero-order valence-electron chi connectivity index (χ0n) is 16.1. The Morgan fingerprint density at radius 1 is 1.33 bits per heavy atom. The SMILES string of the molecule is CN=C(NCc1ccc(C(N)=O)o1)N1CCOC(c2cccc(C(F)(F)F)c2)C1.I. The summed E-state index contributed by atoms with van der Waals surface area (Å²) in [7, 11) is 1.61. The molecule has 0 aliphatic carbocycles. The number of ether oxygens (including phenoxy) is 1. The fourth-order valence-corrected chi connectivity index (χ4v) is 3.06. The van der Waals surface area contributed by atoms with Crippen molar-refractivity contribution in [2.24, 2.45) is 10.7 Å². The number of carbonyl (C=O) groups is 1. The first-order chi connectivity index (χ1) is 13.8. The number of morpholine rings is 1. The largest absolute Gasteiger partial charge is 0.454 e. The summed E-state index contributed by atoms with van der Waals surface area (Å²) in [6, 6.07) is 8.26. The molecule has 1 atom stereocenters. The second-order valence-corrected chi connectivity index (χ2v) is 6.46. The lowest BCUT2D eigenvalue weighted by atomic mass is 10.0. The lowest BCUT2D eigenvalue weighted by Gasteiger charge is -2.35. The molecular weight excluding hydrogens is 516 g/mol.